The highest BCUT2D eigenvalue weighted by Crippen LogP contribution is 2.09. The van der Waals surface area contributed by atoms with Gasteiger partial charge in [-0.25, -0.2) is 5.01 Å². The molecule has 1 fully saturated rings. The average Bonchev–Trinajstić information content (AvgIpc) is 2.26. The zero-order valence-corrected chi connectivity index (χ0v) is 10.6. The van der Waals surface area contributed by atoms with Gasteiger partial charge in [-0.05, 0) is 26.2 Å². The van der Waals surface area contributed by atoms with Gasteiger partial charge in [-0.15, -0.1) is 0 Å². The maximum atomic E-state index is 3.63. The molecule has 1 saturated heterocycles. The third kappa shape index (κ3) is 6.16. The van der Waals surface area contributed by atoms with Gasteiger partial charge in [-0.3, -0.25) is 5.43 Å². The number of hydrazine groups is 1. The normalized spacial score (nSPS) is 20.4. The van der Waals surface area contributed by atoms with Gasteiger partial charge < -0.3 is 0 Å². The number of nitrogens with zero attached hydrogens (tertiary/aromatic N) is 1. The summed E-state index contributed by atoms with van der Waals surface area (Å²) >= 11 is 0. The first kappa shape index (κ1) is 13.0. The van der Waals surface area contributed by atoms with E-state index in [0.29, 0.717) is 6.04 Å². The highest BCUT2D eigenvalue weighted by Gasteiger charge is 2.11. The lowest BCUT2D eigenvalue weighted by Crippen LogP contribution is -2.46. The maximum absolute atomic E-state index is 3.63. The first-order valence-electron chi connectivity index (χ1n) is 6.84. The number of rotatable bonds is 7. The second-order valence-corrected chi connectivity index (χ2v) is 4.93. The Morgan fingerprint density at radius 1 is 1.07 bits per heavy atom. The molecule has 0 spiro atoms. The predicted octanol–water partition coefficient (Wildman–Crippen LogP) is 3.34. The molecule has 0 aliphatic carbocycles. The van der Waals surface area contributed by atoms with Crippen molar-refractivity contribution in [2.24, 2.45) is 0 Å². The number of hydrogen-bond acceptors (Lipinski definition) is 2. The molecule has 0 saturated carbocycles. The Kier molecular flexibility index (Phi) is 7.03. The smallest absolute Gasteiger partial charge is 0.0187 e. The lowest BCUT2D eigenvalue weighted by molar-refractivity contribution is 0.129. The van der Waals surface area contributed by atoms with E-state index in [1.54, 1.807) is 0 Å². The molecular formula is C13H28N2. The van der Waals surface area contributed by atoms with Gasteiger partial charge in [-0.2, -0.15) is 0 Å². The third-order valence-corrected chi connectivity index (χ3v) is 3.25. The lowest BCUT2D eigenvalue weighted by Gasteiger charge is -2.30. The minimum Gasteiger partial charge on any atom is -0.252 e. The van der Waals surface area contributed by atoms with E-state index in [0.717, 1.165) is 0 Å². The minimum atomic E-state index is 0.667. The van der Waals surface area contributed by atoms with Crippen LogP contribution in [0.5, 0.6) is 0 Å². The van der Waals surface area contributed by atoms with Crippen LogP contribution < -0.4 is 5.43 Å². The van der Waals surface area contributed by atoms with Crippen LogP contribution in [-0.2, 0) is 0 Å². The van der Waals surface area contributed by atoms with Crippen molar-refractivity contribution in [3.05, 3.63) is 0 Å². The van der Waals surface area contributed by atoms with Crippen LogP contribution in [0.2, 0.25) is 0 Å². The molecule has 1 rings (SSSR count). The van der Waals surface area contributed by atoms with Crippen LogP contribution in [0.15, 0.2) is 0 Å². The maximum Gasteiger partial charge on any atom is 0.0187 e. The molecule has 1 N–H and O–H groups in total. The zero-order valence-electron chi connectivity index (χ0n) is 10.6. The van der Waals surface area contributed by atoms with Crippen LogP contribution in [-0.4, -0.2) is 24.1 Å². The molecule has 0 amide bonds. The minimum absolute atomic E-state index is 0.667. The molecule has 15 heavy (non-hydrogen) atoms. The average molecular weight is 212 g/mol. The predicted molar refractivity (Wildman–Crippen MR) is 66.8 cm³/mol. The van der Waals surface area contributed by atoms with E-state index < -0.39 is 0 Å². The van der Waals surface area contributed by atoms with Crippen molar-refractivity contribution < 1.29 is 0 Å². The van der Waals surface area contributed by atoms with Crippen molar-refractivity contribution >= 4 is 0 Å². The third-order valence-electron chi connectivity index (χ3n) is 3.25. The molecule has 2 nitrogen and oxygen atoms in total. The summed E-state index contributed by atoms with van der Waals surface area (Å²) in [6.07, 6.45) is 11.0. The SMILES string of the molecule is CCCCCCC(C)NN1CCCCC1. The van der Waals surface area contributed by atoms with Gasteiger partial charge in [0, 0.05) is 19.1 Å². The van der Waals surface area contributed by atoms with Gasteiger partial charge >= 0.3 is 0 Å². The molecule has 2 heteroatoms. The summed E-state index contributed by atoms with van der Waals surface area (Å²) in [5.74, 6) is 0. The van der Waals surface area contributed by atoms with Crippen LogP contribution in [0.3, 0.4) is 0 Å². The quantitative estimate of drug-likeness (QED) is 0.651. The van der Waals surface area contributed by atoms with Crippen molar-refractivity contribution in [2.75, 3.05) is 13.1 Å². The molecule has 0 aromatic carbocycles. The van der Waals surface area contributed by atoms with Crippen LogP contribution in [0.4, 0.5) is 0 Å². The Hall–Kier alpha value is -0.0800. The van der Waals surface area contributed by atoms with Crippen molar-refractivity contribution in [1.29, 1.82) is 0 Å². The number of piperidine rings is 1. The summed E-state index contributed by atoms with van der Waals surface area (Å²) < 4.78 is 0. The van der Waals surface area contributed by atoms with Crippen molar-refractivity contribution in [3.63, 3.8) is 0 Å². The largest absolute Gasteiger partial charge is 0.252 e. The summed E-state index contributed by atoms with van der Waals surface area (Å²) in [4.78, 5) is 0. The zero-order chi connectivity index (χ0) is 10.9. The second kappa shape index (κ2) is 8.12. The molecule has 1 heterocycles. The molecule has 90 valence electrons. The van der Waals surface area contributed by atoms with Crippen molar-refractivity contribution in [2.45, 2.75) is 71.3 Å². The summed E-state index contributed by atoms with van der Waals surface area (Å²) in [5, 5.41) is 2.42. The van der Waals surface area contributed by atoms with E-state index in [2.05, 4.69) is 24.3 Å². The highest BCUT2D eigenvalue weighted by atomic mass is 15.5. The Morgan fingerprint density at radius 2 is 1.80 bits per heavy atom. The van der Waals surface area contributed by atoms with Crippen LogP contribution >= 0.6 is 0 Å². The van der Waals surface area contributed by atoms with Gasteiger partial charge in [0.25, 0.3) is 0 Å². The first-order valence-corrected chi connectivity index (χ1v) is 6.84. The summed E-state index contributed by atoms with van der Waals surface area (Å²) in [7, 11) is 0. The summed E-state index contributed by atoms with van der Waals surface area (Å²) in [6, 6.07) is 0.667. The van der Waals surface area contributed by atoms with Crippen LogP contribution in [0.1, 0.15) is 65.2 Å². The highest BCUT2D eigenvalue weighted by molar-refractivity contribution is 4.65. The molecule has 1 aliphatic heterocycles. The van der Waals surface area contributed by atoms with Gasteiger partial charge in [-0.1, -0.05) is 39.0 Å². The molecule has 0 radical (unpaired) electrons. The molecule has 0 bridgehead atoms. The molecule has 1 atom stereocenters. The Bertz CT molecular complexity index is 141. The van der Waals surface area contributed by atoms with Crippen LogP contribution in [0.25, 0.3) is 0 Å². The Labute approximate surface area is 95.4 Å². The van der Waals surface area contributed by atoms with E-state index in [9.17, 15) is 0 Å². The van der Waals surface area contributed by atoms with Gasteiger partial charge in [0.2, 0.25) is 0 Å². The van der Waals surface area contributed by atoms with Gasteiger partial charge in [0.1, 0.15) is 0 Å². The summed E-state index contributed by atoms with van der Waals surface area (Å²) in [5.41, 5.74) is 3.63. The molecule has 1 aliphatic rings. The van der Waals surface area contributed by atoms with Crippen molar-refractivity contribution in [3.8, 4) is 0 Å². The van der Waals surface area contributed by atoms with E-state index in [1.165, 1.54) is 64.5 Å². The van der Waals surface area contributed by atoms with Crippen molar-refractivity contribution in [1.82, 2.24) is 10.4 Å². The fourth-order valence-electron chi connectivity index (χ4n) is 2.28. The van der Waals surface area contributed by atoms with Gasteiger partial charge in [0.05, 0.1) is 0 Å². The number of hydrogen-bond donors (Lipinski definition) is 1. The van der Waals surface area contributed by atoms with Crippen LogP contribution in [0, 0.1) is 0 Å². The van der Waals surface area contributed by atoms with Gasteiger partial charge in [0.15, 0.2) is 0 Å². The standard InChI is InChI=1S/C13H28N2/c1-3-4-5-7-10-13(2)14-15-11-8-6-9-12-15/h13-14H,3-12H2,1-2H3. The van der Waals surface area contributed by atoms with E-state index in [1.807, 2.05) is 0 Å². The fourth-order valence-corrected chi connectivity index (χ4v) is 2.28. The lowest BCUT2D eigenvalue weighted by atomic mass is 10.1. The summed E-state index contributed by atoms with van der Waals surface area (Å²) in [6.45, 7) is 7.09. The Balaban J connectivity index is 1.98. The van der Waals surface area contributed by atoms with E-state index in [-0.39, 0.29) is 0 Å². The monoisotopic (exact) mass is 212 g/mol. The van der Waals surface area contributed by atoms with E-state index >= 15 is 0 Å². The number of nitrogens with one attached hydrogen (secondary N) is 1. The number of unbranched alkanes of at least 4 members (excludes halogenated alkanes) is 3. The molecule has 0 aromatic heterocycles. The molecule has 0 aromatic rings. The fraction of sp³-hybridized carbons (Fsp3) is 1.00. The Morgan fingerprint density at radius 3 is 2.47 bits per heavy atom. The topological polar surface area (TPSA) is 15.3 Å². The second-order valence-electron chi connectivity index (χ2n) is 4.93. The first-order chi connectivity index (χ1) is 7.33. The van der Waals surface area contributed by atoms with E-state index in [4.69, 9.17) is 0 Å². The molecular weight excluding hydrogens is 184 g/mol. The molecule has 1 unspecified atom stereocenters.